The highest BCUT2D eigenvalue weighted by Gasteiger charge is 2.17. The smallest absolute Gasteiger partial charge is 0.273 e. The molecule has 0 bridgehead atoms. The van der Waals surface area contributed by atoms with E-state index in [1.807, 2.05) is 24.3 Å². The number of anilines is 1. The Kier molecular flexibility index (Phi) is 5.94. The first-order valence-corrected chi connectivity index (χ1v) is 11.2. The average molecular weight is 476 g/mol. The Hall–Kier alpha value is -2.96. The summed E-state index contributed by atoms with van der Waals surface area (Å²) in [5.74, 6) is 1.35. The molecule has 0 aliphatic rings. The number of hydrogen-bond donors (Lipinski definition) is 1. The van der Waals surface area contributed by atoms with Gasteiger partial charge >= 0.3 is 0 Å². The number of carbonyl (C=O) groups is 1. The summed E-state index contributed by atoms with van der Waals surface area (Å²) in [6.45, 7) is 1.73. The number of carbonyl (C=O) groups excluding carboxylic acids is 1. The largest absolute Gasteiger partial charge is 0.497 e. The molecular formula is C19H17N5O4S3. The van der Waals surface area contributed by atoms with E-state index in [9.17, 15) is 9.59 Å². The van der Waals surface area contributed by atoms with Crippen molar-refractivity contribution < 1.29 is 14.1 Å². The minimum absolute atomic E-state index is 0.0434. The van der Waals surface area contributed by atoms with E-state index in [-0.39, 0.29) is 17.2 Å². The van der Waals surface area contributed by atoms with Gasteiger partial charge < -0.3 is 14.6 Å². The van der Waals surface area contributed by atoms with Crippen LogP contribution in [0.25, 0.3) is 16.0 Å². The molecule has 3 aromatic heterocycles. The van der Waals surface area contributed by atoms with Crippen LogP contribution in [0.15, 0.2) is 44.8 Å². The molecule has 160 valence electrons. The third-order valence-electron chi connectivity index (χ3n) is 4.31. The third-order valence-corrected chi connectivity index (χ3v) is 6.69. The second-order valence-corrected chi connectivity index (χ2v) is 9.06. The highest BCUT2D eigenvalue weighted by molar-refractivity contribution is 7.99. The fourth-order valence-electron chi connectivity index (χ4n) is 2.85. The van der Waals surface area contributed by atoms with Crippen molar-refractivity contribution in [3.63, 3.8) is 0 Å². The molecule has 31 heavy (non-hydrogen) atoms. The second-order valence-electron chi connectivity index (χ2n) is 6.48. The van der Waals surface area contributed by atoms with Crippen LogP contribution in [0, 0.1) is 10.9 Å². The number of thiazole rings is 1. The van der Waals surface area contributed by atoms with Crippen LogP contribution in [0.3, 0.4) is 0 Å². The SMILES string of the molecule is COc1cccc(-n2c(=S)sc3c(=O)n(C)c(SCC(=O)Nc4cc(C)on4)nc32)c1. The molecule has 1 amide bonds. The molecular weight excluding hydrogens is 458 g/mol. The average Bonchev–Trinajstić information content (AvgIpc) is 3.31. The van der Waals surface area contributed by atoms with Crippen LogP contribution in [0.5, 0.6) is 5.75 Å². The number of methoxy groups -OCH3 is 1. The molecule has 4 rings (SSSR count). The van der Waals surface area contributed by atoms with Gasteiger partial charge in [0.1, 0.15) is 16.2 Å². The normalized spacial score (nSPS) is 11.1. The van der Waals surface area contributed by atoms with Crippen molar-refractivity contribution in [3.05, 3.63) is 50.4 Å². The first kappa shape index (κ1) is 21.3. The molecule has 1 aromatic carbocycles. The quantitative estimate of drug-likeness (QED) is 0.256. The Morgan fingerprint density at radius 2 is 2.19 bits per heavy atom. The molecule has 3 heterocycles. The lowest BCUT2D eigenvalue weighted by molar-refractivity contribution is -0.113. The molecule has 0 aliphatic carbocycles. The van der Waals surface area contributed by atoms with Gasteiger partial charge in [-0.1, -0.05) is 34.3 Å². The Labute approximate surface area is 189 Å². The van der Waals surface area contributed by atoms with Crippen molar-refractivity contribution in [2.75, 3.05) is 18.2 Å². The van der Waals surface area contributed by atoms with Crippen molar-refractivity contribution >= 4 is 57.4 Å². The fourth-order valence-corrected chi connectivity index (χ4v) is 4.96. The van der Waals surface area contributed by atoms with Crippen molar-refractivity contribution in [2.45, 2.75) is 12.1 Å². The van der Waals surface area contributed by atoms with Crippen molar-refractivity contribution in [1.29, 1.82) is 0 Å². The van der Waals surface area contributed by atoms with Gasteiger partial charge in [-0.15, -0.1) is 0 Å². The molecule has 12 heteroatoms. The summed E-state index contributed by atoms with van der Waals surface area (Å²) in [7, 11) is 3.20. The lowest BCUT2D eigenvalue weighted by Gasteiger charge is -2.09. The monoisotopic (exact) mass is 475 g/mol. The maximum atomic E-state index is 12.9. The predicted molar refractivity (Wildman–Crippen MR) is 122 cm³/mol. The van der Waals surface area contributed by atoms with Crippen LogP contribution in [0.2, 0.25) is 0 Å². The summed E-state index contributed by atoms with van der Waals surface area (Å²) in [4.78, 5) is 29.8. The molecule has 9 nitrogen and oxygen atoms in total. The van der Waals surface area contributed by atoms with Crippen LogP contribution >= 0.6 is 35.3 Å². The standard InChI is InChI=1S/C19H17N5O4S3/c1-10-7-13(22-28-10)20-14(25)9-30-18-21-16-15(17(26)23(18)2)31-19(29)24(16)11-5-4-6-12(8-11)27-3/h4-8H,9H2,1-3H3,(H,20,22,25). The number of fused-ring (bicyclic) bond motifs is 1. The van der Waals surface area contributed by atoms with Gasteiger partial charge in [0.05, 0.1) is 18.6 Å². The van der Waals surface area contributed by atoms with Gasteiger partial charge in [0, 0.05) is 19.2 Å². The zero-order valence-corrected chi connectivity index (χ0v) is 19.2. The molecule has 4 aromatic rings. The van der Waals surface area contributed by atoms with Crippen molar-refractivity contribution in [3.8, 4) is 11.4 Å². The summed E-state index contributed by atoms with van der Waals surface area (Å²) in [6, 6.07) is 8.97. The second kappa shape index (κ2) is 8.65. The zero-order chi connectivity index (χ0) is 22.1. The van der Waals surface area contributed by atoms with Crippen molar-refractivity contribution in [1.82, 2.24) is 19.3 Å². The molecule has 0 aliphatic heterocycles. The topological polar surface area (TPSA) is 104 Å². The van der Waals surface area contributed by atoms with Gasteiger partial charge in [0.25, 0.3) is 5.56 Å². The lowest BCUT2D eigenvalue weighted by Crippen LogP contribution is -2.21. The van der Waals surface area contributed by atoms with Gasteiger partial charge in [0.2, 0.25) is 5.91 Å². The van der Waals surface area contributed by atoms with E-state index in [4.69, 9.17) is 21.5 Å². The van der Waals surface area contributed by atoms with Gasteiger partial charge in [-0.3, -0.25) is 18.7 Å². The van der Waals surface area contributed by atoms with E-state index in [1.165, 1.54) is 15.9 Å². The van der Waals surface area contributed by atoms with Gasteiger partial charge in [-0.2, -0.15) is 0 Å². The molecule has 0 atom stereocenters. The fraction of sp³-hybridized carbons (Fsp3) is 0.211. The van der Waals surface area contributed by atoms with Gasteiger partial charge in [0.15, 0.2) is 20.6 Å². The molecule has 0 spiro atoms. The molecule has 0 fully saturated rings. The number of nitrogens with one attached hydrogen (secondary N) is 1. The number of aromatic nitrogens is 4. The van der Waals surface area contributed by atoms with Crippen LogP contribution in [0.1, 0.15) is 5.76 Å². The highest BCUT2D eigenvalue weighted by atomic mass is 32.2. The maximum absolute atomic E-state index is 12.9. The Morgan fingerprint density at radius 3 is 2.90 bits per heavy atom. The van der Waals surface area contributed by atoms with E-state index in [0.717, 1.165) is 17.4 Å². The minimum Gasteiger partial charge on any atom is -0.497 e. The first-order valence-electron chi connectivity index (χ1n) is 9.00. The van der Waals surface area contributed by atoms with E-state index < -0.39 is 0 Å². The Bertz CT molecular complexity index is 1400. The Balaban J connectivity index is 1.68. The predicted octanol–water partition coefficient (Wildman–Crippen LogP) is 3.55. The van der Waals surface area contributed by atoms with E-state index >= 15 is 0 Å². The number of nitrogens with zero attached hydrogens (tertiary/aromatic N) is 4. The minimum atomic E-state index is -0.289. The molecule has 0 saturated heterocycles. The number of rotatable bonds is 6. The molecule has 0 unspecified atom stereocenters. The van der Waals surface area contributed by atoms with Gasteiger partial charge in [-0.05, 0) is 31.3 Å². The van der Waals surface area contributed by atoms with E-state index in [1.54, 1.807) is 31.7 Å². The van der Waals surface area contributed by atoms with E-state index in [0.29, 0.717) is 36.8 Å². The molecule has 0 saturated carbocycles. The third kappa shape index (κ3) is 4.27. The van der Waals surface area contributed by atoms with Crippen LogP contribution in [0.4, 0.5) is 5.82 Å². The number of amides is 1. The number of thioether (sulfide) groups is 1. The lowest BCUT2D eigenvalue weighted by atomic mass is 10.3. The van der Waals surface area contributed by atoms with Crippen LogP contribution in [-0.4, -0.2) is 38.0 Å². The Morgan fingerprint density at radius 1 is 1.39 bits per heavy atom. The zero-order valence-electron chi connectivity index (χ0n) is 16.7. The summed E-state index contributed by atoms with van der Waals surface area (Å²) in [5, 5.41) is 6.78. The van der Waals surface area contributed by atoms with E-state index in [2.05, 4.69) is 15.5 Å². The molecule has 1 N–H and O–H groups in total. The van der Waals surface area contributed by atoms with Gasteiger partial charge in [-0.25, -0.2) is 4.98 Å². The van der Waals surface area contributed by atoms with Crippen molar-refractivity contribution in [2.24, 2.45) is 7.05 Å². The number of hydrogen-bond acceptors (Lipinski definition) is 9. The summed E-state index contributed by atoms with van der Waals surface area (Å²) < 4.78 is 14.3. The maximum Gasteiger partial charge on any atom is 0.273 e. The number of aryl methyl sites for hydroxylation is 1. The number of benzene rings is 1. The molecule has 0 radical (unpaired) electrons. The highest BCUT2D eigenvalue weighted by Crippen LogP contribution is 2.27. The van der Waals surface area contributed by atoms with Crippen LogP contribution < -0.4 is 15.6 Å². The number of ether oxygens (including phenoxy) is 1. The first-order chi connectivity index (χ1) is 14.9. The summed E-state index contributed by atoms with van der Waals surface area (Å²) in [5.41, 5.74) is 0.964. The summed E-state index contributed by atoms with van der Waals surface area (Å²) >= 11 is 7.85. The van der Waals surface area contributed by atoms with Crippen LogP contribution in [-0.2, 0) is 11.8 Å². The summed E-state index contributed by atoms with van der Waals surface area (Å²) in [6.07, 6.45) is 0.